The molecule has 0 radical (unpaired) electrons. The number of rotatable bonds is 1. The van der Waals surface area contributed by atoms with Gasteiger partial charge in [0.1, 0.15) is 16.6 Å². The first-order valence-electron chi connectivity index (χ1n) is 7.82. The molecule has 124 valence electrons. The highest BCUT2D eigenvalue weighted by molar-refractivity contribution is 6.34. The molecular formula is C16H21ClN4O2. The first kappa shape index (κ1) is 16.1. The summed E-state index contributed by atoms with van der Waals surface area (Å²) in [5.41, 5.74) is 1.20. The average molecular weight is 337 g/mol. The first-order chi connectivity index (χ1) is 10.8. The van der Waals surface area contributed by atoms with Crippen LogP contribution in [0.25, 0.3) is 11.0 Å². The average Bonchev–Trinajstić information content (AvgIpc) is 2.91. The summed E-state index contributed by atoms with van der Waals surface area (Å²) in [4.78, 5) is 13.9. The van der Waals surface area contributed by atoms with Crippen molar-refractivity contribution in [3.63, 3.8) is 0 Å². The number of likely N-dealkylation sites (tertiary alicyclic amines) is 1. The zero-order valence-electron chi connectivity index (χ0n) is 13.6. The number of nitrogens with zero attached hydrogens (tertiary/aromatic N) is 4. The summed E-state index contributed by atoms with van der Waals surface area (Å²) in [6.07, 6.45) is 1.36. The predicted molar refractivity (Wildman–Crippen MR) is 88.6 cm³/mol. The van der Waals surface area contributed by atoms with Gasteiger partial charge < -0.3 is 9.64 Å². The van der Waals surface area contributed by atoms with Crippen LogP contribution in [0.4, 0.5) is 4.79 Å². The van der Waals surface area contributed by atoms with Gasteiger partial charge in [-0.15, -0.1) is 5.10 Å². The molecule has 0 N–H and O–H groups in total. The summed E-state index contributed by atoms with van der Waals surface area (Å²) in [5.74, 6) is 0. The van der Waals surface area contributed by atoms with Crippen molar-refractivity contribution in [3.05, 3.63) is 23.2 Å². The first-order valence-corrected chi connectivity index (χ1v) is 8.20. The van der Waals surface area contributed by atoms with Crippen molar-refractivity contribution in [3.8, 4) is 0 Å². The number of aromatic nitrogens is 3. The summed E-state index contributed by atoms with van der Waals surface area (Å²) < 4.78 is 7.32. The zero-order chi connectivity index (χ0) is 16.6. The van der Waals surface area contributed by atoms with Gasteiger partial charge in [-0.1, -0.05) is 22.9 Å². The zero-order valence-corrected chi connectivity index (χ0v) is 14.4. The molecular weight excluding hydrogens is 316 g/mol. The van der Waals surface area contributed by atoms with Crippen molar-refractivity contribution < 1.29 is 9.53 Å². The van der Waals surface area contributed by atoms with Gasteiger partial charge in [0.2, 0.25) is 0 Å². The van der Waals surface area contributed by atoms with Crippen molar-refractivity contribution in [1.29, 1.82) is 0 Å². The maximum atomic E-state index is 12.1. The van der Waals surface area contributed by atoms with E-state index >= 15 is 0 Å². The van der Waals surface area contributed by atoms with E-state index < -0.39 is 5.60 Å². The Morgan fingerprint density at radius 1 is 1.30 bits per heavy atom. The Labute approximate surface area is 140 Å². The third-order valence-electron chi connectivity index (χ3n) is 3.91. The van der Waals surface area contributed by atoms with Gasteiger partial charge in [0, 0.05) is 13.1 Å². The van der Waals surface area contributed by atoms with Gasteiger partial charge >= 0.3 is 6.09 Å². The summed E-state index contributed by atoms with van der Waals surface area (Å²) in [6.45, 7) is 6.92. The molecule has 1 aliphatic rings. The number of ether oxygens (including phenoxy) is 1. The monoisotopic (exact) mass is 336 g/mol. The molecule has 2 heterocycles. The van der Waals surface area contributed by atoms with E-state index in [1.807, 2.05) is 43.7 Å². The van der Waals surface area contributed by atoms with Crippen LogP contribution in [0.2, 0.25) is 5.02 Å². The molecule has 0 atom stereocenters. The minimum Gasteiger partial charge on any atom is -0.444 e. The Morgan fingerprint density at radius 2 is 2.00 bits per heavy atom. The van der Waals surface area contributed by atoms with E-state index in [1.165, 1.54) is 0 Å². The minimum absolute atomic E-state index is 0.193. The second-order valence-corrected chi connectivity index (χ2v) is 7.25. The van der Waals surface area contributed by atoms with Crippen LogP contribution >= 0.6 is 11.6 Å². The molecule has 1 aromatic carbocycles. The van der Waals surface area contributed by atoms with Gasteiger partial charge in [0.05, 0.1) is 11.1 Å². The third kappa shape index (κ3) is 3.42. The fourth-order valence-corrected chi connectivity index (χ4v) is 3.08. The Morgan fingerprint density at radius 3 is 2.65 bits per heavy atom. The molecule has 0 aliphatic carbocycles. The van der Waals surface area contributed by atoms with Crippen molar-refractivity contribution in [2.75, 3.05) is 13.1 Å². The maximum absolute atomic E-state index is 12.1. The fourth-order valence-electron chi connectivity index (χ4n) is 2.83. The van der Waals surface area contributed by atoms with E-state index in [0.29, 0.717) is 18.1 Å². The van der Waals surface area contributed by atoms with E-state index in [4.69, 9.17) is 16.3 Å². The van der Waals surface area contributed by atoms with Gasteiger partial charge in [0.15, 0.2) is 0 Å². The molecule has 0 bridgehead atoms. The summed E-state index contributed by atoms with van der Waals surface area (Å²) in [5, 5.41) is 9.09. The molecule has 1 saturated heterocycles. The molecule has 2 aromatic rings. The second kappa shape index (κ2) is 6.00. The van der Waals surface area contributed by atoms with Crippen molar-refractivity contribution in [1.82, 2.24) is 19.9 Å². The lowest BCUT2D eigenvalue weighted by molar-refractivity contribution is 0.0185. The lowest BCUT2D eigenvalue weighted by Gasteiger charge is -2.33. The van der Waals surface area contributed by atoms with Crippen LogP contribution in [-0.4, -0.2) is 44.7 Å². The smallest absolute Gasteiger partial charge is 0.410 e. The van der Waals surface area contributed by atoms with Gasteiger partial charge in [-0.25, -0.2) is 9.48 Å². The van der Waals surface area contributed by atoms with Crippen LogP contribution in [0.5, 0.6) is 0 Å². The van der Waals surface area contributed by atoms with Crippen LogP contribution < -0.4 is 0 Å². The Kier molecular flexibility index (Phi) is 4.19. The molecule has 0 spiro atoms. The van der Waals surface area contributed by atoms with E-state index in [1.54, 1.807) is 4.90 Å². The van der Waals surface area contributed by atoms with Crippen LogP contribution in [0, 0.1) is 0 Å². The highest BCUT2D eigenvalue weighted by Gasteiger charge is 2.28. The molecule has 0 saturated carbocycles. The SMILES string of the molecule is CC(C)(C)OC(=O)N1CCC(n2nnc3cccc(Cl)c32)CC1. The van der Waals surface area contributed by atoms with Gasteiger partial charge in [-0.2, -0.15) is 0 Å². The summed E-state index contributed by atoms with van der Waals surface area (Å²) in [7, 11) is 0. The number of amides is 1. The van der Waals surface area contributed by atoms with Gasteiger partial charge in [-0.3, -0.25) is 0 Å². The summed E-state index contributed by atoms with van der Waals surface area (Å²) >= 11 is 6.29. The number of halogens is 1. The molecule has 1 fully saturated rings. The number of para-hydroxylation sites is 1. The van der Waals surface area contributed by atoms with Crippen LogP contribution in [0.3, 0.4) is 0 Å². The highest BCUT2D eigenvalue weighted by Crippen LogP contribution is 2.29. The largest absolute Gasteiger partial charge is 0.444 e. The van der Waals surface area contributed by atoms with E-state index in [-0.39, 0.29) is 12.1 Å². The normalized spacial score (nSPS) is 16.8. The molecule has 1 aromatic heterocycles. The topological polar surface area (TPSA) is 60.2 Å². The van der Waals surface area contributed by atoms with Gasteiger partial charge in [0.25, 0.3) is 0 Å². The van der Waals surface area contributed by atoms with Crippen LogP contribution in [0.1, 0.15) is 39.7 Å². The lowest BCUT2D eigenvalue weighted by Crippen LogP contribution is -2.42. The molecule has 1 aliphatic heterocycles. The fraction of sp³-hybridized carbons (Fsp3) is 0.562. The number of carbonyl (C=O) groups is 1. The maximum Gasteiger partial charge on any atom is 0.410 e. The highest BCUT2D eigenvalue weighted by atomic mass is 35.5. The number of carbonyl (C=O) groups excluding carboxylic acids is 1. The predicted octanol–water partition coefficient (Wildman–Crippen LogP) is 3.66. The molecule has 3 rings (SSSR count). The second-order valence-electron chi connectivity index (χ2n) is 6.84. The number of piperidine rings is 1. The quantitative estimate of drug-likeness (QED) is 0.797. The van der Waals surface area contributed by atoms with E-state index in [9.17, 15) is 4.79 Å². The van der Waals surface area contributed by atoms with Gasteiger partial charge in [-0.05, 0) is 45.7 Å². The standard InChI is InChI=1S/C16H21ClN4O2/c1-16(2,3)23-15(22)20-9-7-11(8-10-20)21-14-12(17)5-4-6-13(14)18-19-21/h4-6,11H,7-10H2,1-3H3. The van der Waals surface area contributed by atoms with Crippen molar-refractivity contribution in [2.45, 2.75) is 45.3 Å². The number of hydrogen-bond donors (Lipinski definition) is 0. The third-order valence-corrected chi connectivity index (χ3v) is 4.21. The van der Waals surface area contributed by atoms with Crippen LogP contribution in [-0.2, 0) is 4.74 Å². The Hall–Kier alpha value is -1.82. The Bertz CT molecular complexity index is 714. The molecule has 1 amide bonds. The number of benzene rings is 1. The van der Waals surface area contributed by atoms with Crippen LogP contribution in [0.15, 0.2) is 18.2 Å². The molecule has 7 heteroatoms. The van der Waals surface area contributed by atoms with Crippen molar-refractivity contribution in [2.24, 2.45) is 0 Å². The molecule has 0 unspecified atom stereocenters. The molecule has 23 heavy (non-hydrogen) atoms. The van der Waals surface area contributed by atoms with E-state index in [2.05, 4.69) is 10.3 Å². The number of fused-ring (bicyclic) bond motifs is 1. The molecule has 6 nitrogen and oxygen atoms in total. The minimum atomic E-state index is -0.469. The number of hydrogen-bond acceptors (Lipinski definition) is 4. The summed E-state index contributed by atoms with van der Waals surface area (Å²) in [6, 6.07) is 5.81. The Balaban J connectivity index is 1.70. The lowest BCUT2D eigenvalue weighted by atomic mass is 10.1. The van der Waals surface area contributed by atoms with Crippen molar-refractivity contribution >= 4 is 28.7 Å². The van der Waals surface area contributed by atoms with E-state index in [0.717, 1.165) is 23.9 Å².